The fourth-order valence-electron chi connectivity index (χ4n) is 1.45. The van der Waals surface area contributed by atoms with E-state index in [1.807, 2.05) is 0 Å². The molecule has 1 saturated carbocycles. The summed E-state index contributed by atoms with van der Waals surface area (Å²) < 4.78 is -0.802. The van der Waals surface area contributed by atoms with Crippen LogP contribution in [0.2, 0.25) is 0 Å². The summed E-state index contributed by atoms with van der Waals surface area (Å²) in [7, 11) is 0. The highest BCUT2D eigenvalue weighted by Gasteiger charge is 2.39. The van der Waals surface area contributed by atoms with E-state index >= 15 is 0 Å². The lowest BCUT2D eigenvalue weighted by atomic mass is 10.1. The van der Waals surface area contributed by atoms with E-state index in [9.17, 15) is 10.1 Å². The number of halogens is 1. The average molecular weight is 222 g/mol. The molecule has 0 heterocycles. The zero-order valence-corrected chi connectivity index (χ0v) is 7.97. The molecule has 0 aromatic rings. The second-order valence-electron chi connectivity index (χ2n) is 3.09. The quantitative estimate of drug-likeness (QED) is 0.225. The fourth-order valence-corrected chi connectivity index (χ4v) is 2.01. The predicted molar refractivity (Wildman–Crippen MR) is 46.4 cm³/mol. The molecule has 0 radical (unpaired) electrons. The van der Waals surface area contributed by atoms with Crippen LogP contribution >= 0.6 is 15.9 Å². The van der Waals surface area contributed by atoms with Crippen LogP contribution in [0.5, 0.6) is 0 Å². The summed E-state index contributed by atoms with van der Waals surface area (Å²) in [6.45, 7) is 0. The van der Waals surface area contributed by atoms with Gasteiger partial charge in [-0.3, -0.25) is 10.1 Å². The van der Waals surface area contributed by atoms with Crippen LogP contribution in [0.15, 0.2) is 0 Å². The van der Waals surface area contributed by atoms with E-state index in [4.69, 9.17) is 0 Å². The summed E-state index contributed by atoms with van der Waals surface area (Å²) in [5, 5.41) is 10.6. The van der Waals surface area contributed by atoms with Crippen molar-refractivity contribution in [1.29, 1.82) is 0 Å². The van der Waals surface area contributed by atoms with E-state index in [2.05, 4.69) is 15.9 Å². The minimum Gasteiger partial charge on any atom is -0.263 e. The van der Waals surface area contributed by atoms with Crippen molar-refractivity contribution in [3.8, 4) is 0 Å². The van der Waals surface area contributed by atoms with E-state index in [1.54, 1.807) is 0 Å². The van der Waals surface area contributed by atoms with Crippen LogP contribution in [0, 0.1) is 10.1 Å². The number of hydrogen-bond donors (Lipinski definition) is 0. The molecule has 0 unspecified atom stereocenters. The van der Waals surface area contributed by atoms with E-state index in [0.717, 1.165) is 25.7 Å². The second kappa shape index (κ2) is 3.52. The van der Waals surface area contributed by atoms with Gasteiger partial charge >= 0.3 is 0 Å². The zero-order chi connectivity index (χ0) is 8.32. The van der Waals surface area contributed by atoms with Crippen molar-refractivity contribution in [2.75, 3.05) is 0 Å². The van der Waals surface area contributed by atoms with Crippen LogP contribution < -0.4 is 0 Å². The van der Waals surface area contributed by atoms with E-state index in [1.165, 1.54) is 0 Å². The summed E-state index contributed by atoms with van der Waals surface area (Å²) in [6.07, 6.45) is 5.60. The van der Waals surface area contributed by atoms with Gasteiger partial charge < -0.3 is 0 Å². The first kappa shape index (κ1) is 8.97. The van der Waals surface area contributed by atoms with Crippen molar-refractivity contribution >= 4 is 15.9 Å². The molecule has 0 amide bonds. The van der Waals surface area contributed by atoms with Gasteiger partial charge in [0.05, 0.1) is 0 Å². The number of hydrogen-bond acceptors (Lipinski definition) is 2. The van der Waals surface area contributed by atoms with Crippen molar-refractivity contribution in [2.24, 2.45) is 0 Å². The Balaban J connectivity index is 2.59. The van der Waals surface area contributed by atoms with Crippen LogP contribution in [0.1, 0.15) is 38.5 Å². The summed E-state index contributed by atoms with van der Waals surface area (Å²) in [5.41, 5.74) is 0. The van der Waals surface area contributed by atoms with Crippen molar-refractivity contribution < 1.29 is 4.92 Å². The third-order valence-electron chi connectivity index (χ3n) is 2.20. The number of nitro groups is 1. The monoisotopic (exact) mass is 221 g/mol. The Hall–Kier alpha value is -0.120. The normalized spacial score (nSPS) is 24.1. The van der Waals surface area contributed by atoms with Crippen LogP contribution in [0.25, 0.3) is 0 Å². The highest BCUT2D eigenvalue weighted by atomic mass is 79.9. The van der Waals surface area contributed by atoms with Gasteiger partial charge in [0.2, 0.25) is 0 Å². The molecule has 1 aliphatic rings. The van der Waals surface area contributed by atoms with Gasteiger partial charge in [0.25, 0.3) is 4.45 Å². The summed E-state index contributed by atoms with van der Waals surface area (Å²) in [4.78, 5) is 10.4. The van der Waals surface area contributed by atoms with Gasteiger partial charge in [-0.15, -0.1) is 0 Å². The molecule has 0 saturated heterocycles. The highest BCUT2D eigenvalue weighted by molar-refractivity contribution is 9.10. The highest BCUT2D eigenvalue weighted by Crippen LogP contribution is 2.34. The first-order valence-corrected chi connectivity index (χ1v) is 4.78. The van der Waals surface area contributed by atoms with Gasteiger partial charge in [-0.1, -0.05) is 12.8 Å². The molecule has 1 aliphatic carbocycles. The van der Waals surface area contributed by atoms with E-state index < -0.39 is 4.45 Å². The average Bonchev–Trinajstić information content (AvgIpc) is 2.15. The van der Waals surface area contributed by atoms with Crippen molar-refractivity contribution in [3.05, 3.63) is 10.1 Å². The fraction of sp³-hybridized carbons (Fsp3) is 1.00. The SMILES string of the molecule is O=[N+]([O-])C1(Br)CCCCCC1. The maximum atomic E-state index is 10.6. The lowest BCUT2D eigenvalue weighted by Crippen LogP contribution is -2.30. The Labute approximate surface area is 74.4 Å². The Morgan fingerprint density at radius 1 is 1.18 bits per heavy atom. The van der Waals surface area contributed by atoms with Gasteiger partial charge in [0.1, 0.15) is 0 Å². The van der Waals surface area contributed by atoms with Crippen molar-refractivity contribution in [2.45, 2.75) is 43.0 Å². The van der Waals surface area contributed by atoms with Crippen LogP contribution in [-0.4, -0.2) is 9.37 Å². The molecule has 4 heteroatoms. The maximum absolute atomic E-state index is 10.6. The van der Waals surface area contributed by atoms with Crippen LogP contribution in [0.3, 0.4) is 0 Å². The van der Waals surface area contributed by atoms with Gasteiger partial charge in [0.15, 0.2) is 0 Å². The molecule has 1 rings (SSSR count). The summed E-state index contributed by atoms with van der Waals surface area (Å²) >= 11 is 3.21. The molecular formula is C7H12BrNO2. The first-order chi connectivity index (χ1) is 5.15. The topological polar surface area (TPSA) is 43.1 Å². The lowest BCUT2D eigenvalue weighted by Gasteiger charge is -2.15. The van der Waals surface area contributed by atoms with Gasteiger partial charge in [0, 0.05) is 33.7 Å². The van der Waals surface area contributed by atoms with Gasteiger partial charge in [-0.05, 0) is 12.8 Å². The number of nitrogens with zero attached hydrogens (tertiary/aromatic N) is 1. The minimum absolute atomic E-state index is 0.182. The Morgan fingerprint density at radius 2 is 1.64 bits per heavy atom. The van der Waals surface area contributed by atoms with Gasteiger partial charge in [-0.25, -0.2) is 0 Å². The Bertz CT molecular complexity index is 153. The largest absolute Gasteiger partial charge is 0.274 e. The molecule has 64 valence electrons. The standard InChI is InChI=1S/C7H12BrNO2/c8-7(9(10)11)5-3-1-2-4-6-7/h1-6H2. The third kappa shape index (κ3) is 2.15. The lowest BCUT2D eigenvalue weighted by molar-refractivity contribution is -0.537. The maximum Gasteiger partial charge on any atom is 0.274 e. The smallest absolute Gasteiger partial charge is 0.263 e. The van der Waals surface area contributed by atoms with Crippen molar-refractivity contribution in [3.63, 3.8) is 0 Å². The van der Waals surface area contributed by atoms with Crippen molar-refractivity contribution in [1.82, 2.24) is 0 Å². The molecule has 0 aromatic carbocycles. The zero-order valence-electron chi connectivity index (χ0n) is 6.38. The van der Waals surface area contributed by atoms with E-state index in [0.29, 0.717) is 12.8 Å². The molecule has 0 spiro atoms. The molecule has 0 atom stereocenters. The Kier molecular flexibility index (Phi) is 2.87. The molecule has 1 fully saturated rings. The van der Waals surface area contributed by atoms with Crippen LogP contribution in [-0.2, 0) is 0 Å². The number of alkyl halides is 1. The molecule has 0 aliphatic heterocycles. The number of rotatable bonds is 1. The van der Waals surface area contributed by atoms with Crippen LogP contribution in [0.4, 0.5) is 0 Å². The van der Waals surface area contributed by atoms with E-state index in [-0.39, 0.29) is 4.92 Å². The third-order valence-corrected chi connectivity index (χ3v) is 3.28. The molecule has 0 bridgehead atoms. The second-order valence-corrected chi connectivity index (χ2v) is 4.57. The minimum atomic E-state index is -0.802. The molecule has 11 heavy (non-hydrogen) atoms. The molecular weight excluding hydrogens is 210 g/mol. The Morgan fingerprint density at radius 3 is 2.00 bits per heavy atom. The molecule has 0 aromatic heterocycles. The first-order valence-electron chi connectivity index (χ1n) is 3.98. The molecule has 3 nitrogen and oxygen atoms in total. The molecule has 0 N–H and O–H groups in total. The summed E-state index contributed by atoms with van der Waals surface area (Å²) in [6, 6.07) is 0. The van der Waals surface area contributed by atoms with Gasteiger partial charge in [-0.2, -0.15) is 0 Å². The summed E-state index contributed by atoms with van der Waals surface area (Å²) in [5.74, 6) is 0. The predicted octanol–water partition coefficient (Wildman–Crippen LogP) is 2.71.